The molecule has 1 aromatic heterocycles. The van der Waals surface area contributed by atoms with Crippen molar-refractivity contribution in [3.05, 3.63) is 22.3 Å². The van der Waals surface area contributed by atoms with Gasteiger partial charge < -0.3 is 5.32 Å². The average molecular weight is 331 g/mol. The van der Waals surface area contributed by atoms with E-state index in [1.807, 2.05) is 18.4 Å². The molecular formula is C15H17N5O2S. The van der Waals surface area contributed by atoms with Crippen LogP contribution in [0, 0.1) is 18.3 Å². The minimum atomic E-state index is -0.777. The average Bonchev–Trinajstić information content (AvgIpc) is 3.06. The van der Waals surface area contributed by atoms with Crippen molar-refractivity contribution in [1.29, 1.82) is 5.26 Å². The zero-order valence-corrected chi connectivity index (χ0v) is 13.6. The summed E-state index contributed by atoms with van der Waals surface area (Å²) in [5, 5.41) is 15.4. The Labute approximate surface area is 138 Å². The van der Waals surface area contributed by atoms with Crippen molar-refractivity contribution in [2.45, 2.75) is 44.6 Å². The molecule has 2 fully saturated rings. The van der Waals surface area contributed by atoms with Crippen LogP contribution in [0.4, 0.5) is 4.79 Å². The highest BCUT2D eigenvalue weighted by Crippen LogP contribution is 2.33. The van der Waals surface area contributed by atoms with E-state index in [9.17, 15) is 14.9 Å². The molecule has 0 atom stereocenters. The van der Waals surface area contributed by atoms with E-state index in [0.717, 1.165) is 30.0 Å². The molecule has 0 unspecified atom stereocenters. The summed E-state index contributed by atoms with van der Waals surface area (Å²) in [5.74, 6) is -0.272. The van der Waals surface area contributed by atoms with Gasteiger partial charge in [-0.15, -0.1) is 11.3 Å². The van der Waals surface area contributed by atoms with Crippen LogP contribution in [0.2, 0.25) is 0 Å². The SMILES string of the molecule is Cc1csc(/C(C#N)=C/NN2C(=O)NC3(CCCCC3)C2=O)n1. The maximum absolute atomic E-state index is 12.6. The van der Waals surface area contributed by atoms with Crippen LogP contribution in [0.15, 0.2) is 11.6 Å². The number of nitriles is 1. The number of amides is 3. The Hall–Kier alpha value is -2.40. The number of nitrogens with zero attached hydrogens (tertiary/aromatic N) is 3. The first-order chi connectivity index (χ1) is 11.1. The maximum atomic E-state index is 12.6. The number of allylic oxidation sites excluding steroid dienone is 1. The van der Waals surface area contributed by atoms with Gasteiger partial charge in [0.2, 0.25) is 0 Å². The highest BCUT2D eigenvalue weighted by molar-refractivity contribution is 7.10. The van der Waals surface area contributed by atoms with Crippen LogP contribution in [-0.2, 0) is 4.79 Å². The molecule has 1 saturated heterocycles. The van der Waals surface area contributed by atoms with E-state index < -0.39 is 11.6 Å². The lowest BCUT2D eigenvalue weighted by Crippen LogP contribution is -2.49. The van der Waals surface area contributed by atoms with Crippen molar-refractivity contribution in [2.75, 3.05) is 0 Å². The summed E-state index contributed by atoms with van der Waals surface area (Å²) >= 11 is 1.34. The van der Waals surface area contributed by atoms with Crippen LogP contribution in [0.25, 0.3) is 5.57 Å². The fourth-order valence-electron chi connectivity index (χ4n) is 2.98. The second-order valence-corrected chi connectivity index (χ2v) is 6.66. The first-order valence-electron chi connectivity index (χ1n) is 7.51. The second-order valence-electron chi connectivity index (χ2n) is 5.81. The zero-order chi connectivity index (χ0) is 16.4. The Kier molecular flexibility index (Phi) is 4.05. The quantitative estimate of drug-likeness (QED) is 0.653. The number of hydrogen-bond acceptors (Lipinski definition) is 6. The van der Waals surface area contributed by atoms with Crippen molar-refractivity contribution in [3.8, 4) is 6.07 Å². The summed E-state index contributed by atoms with van der Waals surface area (Å²) in [6.07, 6.45) is 5.62. The van der Waals surface area contributed by atoms with Crippen LogP contribution in [0.3, 0.4) is 0 Å². The molecule has 7 nitrogen and oxygen atoms in total. The number of urea groups is 1. The summed E-state index contributed by atoms with van der Waals surface area (Å²) in [6.45, 7) is 1.84. The molecule has 2 aliphatic rings. The van der Waals surface area contributed by atoms with E-state index in [1.54, 1.807) is 0 Å². The molecular weight excluding hydrogens is 314 g/mol. The van der Waals surface area contributed by atoms with Crippen molar-refractivity contribution >= 4 is 28.8 Å². The van der Waals surface area contributed by atoms with Crippen LogP contribution in [0.5, 0.6) is 0 Å². The molecule has 1 aliphatic carbocycles. The summed E-state index contributed by atoms with van der Waals surface area (Å²) in [6, 6.07) is 1.56. The third kappa shape index (κ3) is 2.80. The zero-order valence-electron chi connectivity index (χ0n) is 12.8. The van der Waals surface area contributed by atoms with Gasteiger partial charge >= 0.3 is 6.03 Å². The predicted octanol–water partition coefficient (Wildman–Crippen LogP) is 2.08. The van der Waals surface area contributed by atoms with Gasteiger partial charge in [0.05, 0.1) is 0 Å². The lowest BCUT2D eigenvalue weighted by Gasteiger charge is -2.30. The molecule has 1 aliphatic heterocycles. The first kappa shape index (κ1) is 15.5. The monoisotopic (exact) mass is 331 g/mol. The molecule has 23 heavy (non-hydrogen) atoms. The van der Waals surface area contributed by atoms with E-state index >= 15 is 0 Å². The van der Waals surface area contributed by atoms with Gasteiger partial charge in [0, 0.05) is 17.3 Å². The van der Waals surface area contributed by atoms with Crippen molar-refractivity contribution in [1.82, 2.24) is 20.7 Å². The van der Waals surface area contributed by atoms with Gasteiger partial charge in [-0.1, -0.05) is 19.3 Å². The number of aromatic nitrogens is 1. The van der Waals surface area contributed by atoms with Crippen LogP contribution in [-0.4, -0.2) is 27.5 Å². The van der Waals surface area contributed by atoms with Crippen LogP contribution < -0.4 is 10.7 Å². The smallest absolute Gasteiger partial charge is 0.322 e. The number of imide groups is 1. The summed E-state index contributed by atoms with van der Waals surface area (Å²) in [5.41, 5.74) is 3.00. The molecule has 8 heteroatoms. The van der Waals surface area contributed by atoms with E-state index in [0.29, 0.717) is 17.8 Å². The maximum Gasteiger partial charge on any atom is 0.344 e. The van der Waals surface area contributed by atoms with Crippen LogP contribution >= 0.6 is 11.3 Å². The van der Waals surface area contributed by atoms with Gasteiger partial charge in [0.15, 0.2) is 0 Å². The van der Waals surface area contributed by atoms with Gasteiger partial charge in [0.25, 0.3) is 5.91 Å². The van der Waals surface area contributed by atoms with Gasteiger partial charge in [-0.05, 0) is 19.8 Å². The van der Waals surface area contributed by atoms with Crippen LogP contribution in [0.1, 0.15) is 42.8 Å². The first-order valence-corrected chi connectivity index (χ1v) is 8.39. The lowest BCUT2D eigenvalue weighted by molar-refractivity contribution is -0.133. The summed E-state index contributed by atoms with van der Waals surface area (Å²) in [7, 11) is 0. The third-order valence-electron chi connectivity index (χ3n) is 4.18. The predicted molar refractivity (Wildman–Crippen MR) is 84.8 cm³/mol. The van der Waals surface area contributed by atoms with Gasteiger partial charge in [-0.25, -0.2) is 9.78 Å². The molecule has 2 heterocycles. The van der Waals surface area contributed by atoms with Crippen molar-refractivity contribution < 1.29 is 9.59 Å². The number of carbonyl (C=O) groups is 2. The number of aryl methyl sites for hydroxylation is 1. The molecule has 2 N–H and O–H groups in total. The molecule has 120 valence electrons. The number of carbonyl (C=O) groups excluding carboxylic acids is 2. The Bertz CT molecular complexity index is 712. The minimum absolute atomic E-state index is 0.272. The second kappa shape index (κ2) is 6.01. The minimum Gasteiger partial charge on any atom is -0.322 e. The lowest BCUT2D eigenvalue weighted by atomic mass is 9.82. The number of rotatable bonds is 3. The largest absolute Gasteiger partial charge is 0.344 e. The third-order valence-corrected chi connectivity index (χ3v) is 5.17. The Morgan fingerprint density at radius 2 is 2.22 bits per heavy atom. The van der Waals surface area contributed by atoms with Gasteiger partial charge in [0.1, 0.15) is 22.2 Å². The normalized spacial score (nSPS) is 20.5. The molecule has 3 amide bonds. The topological polar surface area (TPSA) is 98.1 Å². The Morgan fingerprint density at radius 3 is 2.83 bits per heavy atom. The van der Waals surface area contributed by atoms with Gasteiger partial charge in [-0.2, -0.15) is 10.3 Å². The van der Waals surface area contributed by atoms with E-state index in [1.165, 1.54) is 17.5 Å². The number of nitrogens with one attached hydrogen (secondary N) is 2. The fraction of sp³-hybridized carbons (Fsp3) is 0.467. The Morgan fingerprint density at radius 1 is 1.48 bits per heavy atom. The highest BCUT2D eigenvalue weighted by Gasteiger charge is 2.51. The Balaban J connectivity index is 1.77. The summed E-state index contributed by atoms with van der Waals surface area (Å²) < 4.78 is 0. The molecule has 0 bridgehead atoms. The molecule has 1 saturated carbocycles. The highest BCUT2D eigenvalue weighted by atomic mass is 32.1. The van der Waals surface area contributed by atoms with Gasteiger partial charge in [-0.3, -0.25) is 10.2 Å². The number of thiazole rings is 1. The van der Waals surface area contributed by atoms with Crippen molar-refractivity contribution in [3.63, 3.8) is 0 Å². The molecule has 1 spiro atoms. The fourth-order valence-corrected chi connectivity index (χ4v) is 3.74. The molecule has 0 radical (unpaired) electrons. The standard InChI is InChI=1S/C15H17N5O2S/c1-10-9-23-12(18-10)11(7-16)8-17-20-13(21)15(19-14(20)22)5-3-2-4-6-15/h8-9,17H,2-6H2,1H3,(H,19,22)/b11-8+. The number of hydrogen-bond donors (Lipinski definition) is 2. The molecule has 0 aromatic carbocycles. The molecule has 1 aromatic rings. The summed E-state index contributed by atoms with van der Waals surface area (Å²) in [4.78, 5) is 28.9. The molecule has 3 rings (SSSR count). The van der Waals surface area contributed by atoms with Crippen molar-refractivity contribution in [2.24, 2.45) is 0 Å². The van der Waals surface area contributed by atoms with E-state index in [-0.39, 0.29) is 11.5 Å². The van der Waals surface area contributed by atoms with E-state index in [4.69, 9.17) is 0 Å². The number of hydrazine groups is 1. The van der Waals surface area contributed by atoms with E-state index in [2.05, 4.69) is 15.7 Å².